The lowest BCUT2D eigenvalue weighted by Crippen LogP contribution is -1.94. The van der Waals surface area contributed by atoms with Gasteiger partial charge < -0.3 is 5.73 Å². The Hall–Kier alpha value is -1.61. The van der Waals surface area contributed by atoms with E-state index >= 15 is 0 Å². The first-order valence-electron chi connectivity index (χ1n) is 4.75. The quantitative estimate of drug-likeness (QED) is 0.824. The van der Waals surface area contributed by atoms with E-state index in [0.29, 0.717) is 10.8 Å². The van der Waals surface area contributed by atoms with E-state index in [2.05, 4.69) is 4.98 Å². The van der Waals surface area contributed by atoms with Crippen LogP contribution in [0, 0.1) is 12.7 Å². The summed E-state index contributed by atoms with van der Waals surface area (Å²) in [5.41, 5.74) is 8.08. The lowest BCUT2D eigenvalue weighted by atomic mass is 10.1. The summed E-state index contributed by atoms with van der Waals surface area (Å²) < 4.78 is 12.9. The van der Waals surface area contributed by atoms with Crippen LogP contribution in [0.2, 0.25) is 5.02 Å². The van der Waals surface area contributed by atoms with Crippen LogP contribution in [-0.4, -0.2) is 4.98 Å². The Balaban J connectivity index is 2.54. The van der Waals surface area contributed by atoms with Crippen molar-refractivity contribution in [2.45, 2.75) is 6.92 Å². The Morgan fingerprint density at radius 2 is 2.06 bits per heavy atom. The van der Waals surface area contributed by atoms with Crippen LogP contribution >= 0.6 is 11.6 Å². The molecule has 0 bridgehead atoms. The van der Waals surface area contributed by atoms with Crippen molar-refractivity contribution >= 4 is 17.4 Å². The Morgan fingerprint density at radius 3 is 2.69 bits per heavy atom. The fraction of sp³-hybridized carbons (Fsp3) is 0.0833. The zero-order valence-corrected chi connectivity index (χ0v) is 9.42. The largest absolute Gasteiger partial charge is 0.383 e. The molecule has 0 aliphatic rings. The van der Waals surface area contributed by atoms with E-state index in [1.165, 1.54) is 12.1 Å². The molecule has 0 spiro atoms. The molecule has 16 heavy (non-hydrogen) atoms. The van der Waals surface area contributed by atoms with Crippen LogP contribution in [0.15, 0.2) is 30.5 Å². The molecule has 0 amide bonds. The van der Waals surface area contributed by atoms with Gasteiger partial charge in [-0.25, -0.2) is 9.37 Å². The minimum atomic E-state index is -0.353. The number of nitrogen functional groups attached to an aromatic ring is 1. The van der Waals surface area contributed by atoms with Crippen molar-refractivity contribution in [2.75, 3.05) is 5.73 Å². The molecular weight excluding hydrogens is 227 g/mol. The molecule has 0 fully saturated rings. The summed E-state index contributed by atoms with van der Waals surface area (Å²) in [4.78, 5) is 4.04. The number of benzene rings is 1. The van der Waals surface area contributed by atoms with Crippen molar-refractivity contribution in [2.24, 2.45) is 0 Å². The van der Waals surface area contributed by atoms with Crippen molar-refractivity contribution in [3.05, 3.63) is 46.9 Å². The number of hydrogen-bond donors (Lipinski definition) is 1. The highest BCUT2D eigenvalue weighted by Gasteiger charge is 2.06. The first kappa shape index (κ1) is 10.9. The first-order valence-corrected chi connectivity index (χ1v) is 5.13. The summed E-state index contributed by atoms with van der Waals surface area (Å²) in [5, 5.41) is 0.367. The molecule has 2 N–H and O–H groups in total. The second kappa shape index (κ2) is 4.10. The Kier molecular flexibility index (Phi) is 2.79. The molecule has 0 unspecified atom stereocenters. The van der Waals surface area contributed by atoms with Crippen molar-refractivity contribution in [1.29, 1.82) is 0 Å². The number of aromatic nitrogens is 1. The number of rotatable bonds is 1. The van der Waals surface area contributed by atoms with Crippen molar-refractivity contribution < 1.29 is 4.39 Å². The summed E-state index contributed by atoms with van der Waals surface area (Å²) >= 11 is 5.96. The average Bonchev–Trinajstić information content (AvgIpc) is 2.22. The highest BCUT2D eigenvalue weighted by atomic mass is 35.5. The van der Waals surface area contributed by atoms with Crippen molar-refractivity contribution in [3.63, 3.8) is 0 Å². The lowest BCUT2D eigenvalue weighted by Gasteiger charge is -2.06. The van der Waals surface area contributed by atoms with Gasteiger partial charge in [0.1, 0.15) is 11.6 Å². The number of halogens is 2. The van der Waals surface area contributed by atoms with E-state index in [1.54, 1.807) is 12.3 Å². The van der Waals surface area contributed by atoms with Crippen LogP contribution in [0.1, 0.15) is 5.56 Å². The van der Waals surface area contributed by atoms with E-state index < -0.39 is 0 Å². The van der Waals surface area contributed by atoms with E-state index in [4.69, 9.17) is 17.3 Å². The maximum atomic E-state index is 12.9. The third kappa shape index (κ3) is 1.99. The zero-order valence-electron chi connectivity index (χ0n) is 8.67. The molecular formula is C12H10ClFN2. The molecule has 2 nitrogen and oxygen atoms in total. The molecule has 1 aromatic carbocycles. The van der Waals surface area contributed by atoms with Gasteiger partial charge in [0.25, 0.3) is 0 Å². The number of anilines is 1. The van der Waals surface area contributed by atoms with Crippen LogP contribution in [0.25, 0.3) is 11.1 Å². The minimum absolute atomic E-state index is 0.353. The third-order valence-corrected chi connectivity index (χ3v) is 2.67. The predicted octanol–water partition coefficient (Wildman–Crippen LogP) is 3.43. The Morgan fingerprint density at radius 1 is 1.31 bits per heavy atom. The molecule has 2 rings (SSSR count). The number of nitrogens with two attached hydrogens (primary N) is 1. The summed E-state index contributed by atoms with van der Waals surface area (Å²) in [6.07, 6.45) is 1.63. The second-order valence-corrected chi connectivity index (χ2v) is 3.96. The molecule has 2 aromatic rings. The van der Waals surface area contributed by atoms with Crippen LogP contribution in [-0.2, 0) is 0 Å². The summed E-state index contributed by atoms with van der Waals surface area (Å²) in [6.45, 7) is 1.86. The Labute approximate surface area is 97.9 Å². The van der Waals surface area contributed by atoms with Gasteiger partial charge in [0.15, 0.2) is 0 Å². The maximum Gasteiger partial charge on any atom is 0.126 e. The summed E-state index contributed by atoms with van der Waals surface area (Å²) in [6, 6.07) is 6.15. The highest BCUT2D eigenvalue weighted by Crippen LogP contribution is 2.29. The van der Waals surface area contributed by atoms with Gasteiger partial charge in [-0.1, -0.05) is 11.6 Å². The predicted molar refractivity (Wildman–Crippen MR) is 63.8 cm³/mol. The standard InChI is InChI=1S/C12H10ClFN2/c1-7-4-8(6-16-12(7)15)10-3-2-9(14)5-11(10)13/h2-6H,1H3,(H2,15,16). The van der Waals surface area contributed by atoms with E-state index in [-0.39, 0.29) is 5.82 Å². The molecule has 82 valence electrons. The molecule has 1 heterocycles. The number of pyridine rings is 1. The van der Waals surface area contributed by atoms with Gasteiger partial charge >= 0.3 is 0 Å². The molecule has 1 aromatic heterocycles. The number of hydrogen-bond acceptors (Lipinski definition) is 2. The SMILES string of the molecule is Cc1cc(-c2ccc(F)cc2Cl)cnc1N. The van der Waals surface area contributed by atoms with Crippen molar-refractivity contribution in [1.82, 2.24) is 4.98 Å². The highest BCUT2D eigenvalue weighted by molar-refractivity contribution is 6.33. The van der Waals surface area contributed by atoms with Gasteiger partial charge in [-0.2, -0.15) is 0 Å². The molecule has 0 aliphatic heterocycles. The van der Waals surface area contributed by atoms with Gasteiger partial charge in [-0.05, 0) is 36.8 Å². The van der Waals surface area contributed by atoms with E-state index in [9.17, 15) is 4.39 Å². The zero-order chi connectivity index (χ0) is 11.7. The normalized spacial score (nSPS) is 10.4. The molecule has 0 saturated heterocycles. The smallest absolute Gasteiger partial charge is 0.126 e. The van der Waals surface area contributed by atoms with E-state index in [0.717, 1.165) is 16.7 Å². The van der Waals surface area contributed by atoms with Crippen LogP contribution in [0.4, 0.5) is 10.2 Å². The number of nitrogens with zero attached hydrogens (tertiary/aromatic N) is 1. The fourth-order valence-electron chi connectivity index (χ4n) is 1.46. The van der Waals surface area contributed by atoms with Crippen LogP contribution < -0.4 is 5.73 Å². The lowest BCUT2D eigenvalue weighted by molar-refractivity contribution is 0.628. The third-order valence-electron chi connectivity index (χ3n) is 2.36. The number of aryl methyl sites for hydroxylation is 1. The topological polar surface area (TPSA) is 38.9 Å². The van der Waals surface area contributed by atoms with Crippen LogP contribution in [0.3, 0.4) is 0 Å². The van der Waals surface area contributed by atoms with Crippen LogP contribution in [0.5, 0.6) is 0 Å². The van der Waals surface area contributed by atoms with Gasteiger partial charge in [-0.15, -0.1) is 0 Å². The Bertz CT molecular complexity index is 541. The van der Waals surface area contributed by atoms with Gasteiger partial charge in [0.2, 0.25) is 0 Å². The van der Waals surface area contributed by atoms with Gasteiger partial charge in [0.05, 0.1) is 5.02 Å². The minimum Gasteiger partial charge on any atom is -0.383 e. The maximum absolute atomic E-state index is 12.9. The first-order chi connectivity index (χ1) is 7.58. The fourth-order valence-corrected chi connectivity index (χ4v) is 1.73. The van der Waals surface area contributed by atoms with Gasteiger partial charge in [-0.3, -0.25) is 0 Å². The summed E-state index contributed by atoms with van der Waals surface area (Å²) in [5.74, 6) is 0.135. The molecule has 0 saturated carbocycles. The monoisotopic (exact) mass is 236 g/mol. The van der Waals surface area contributed by atoms with Gasteiger partial charge in [0, 0.05) is 17.3 Å². The second-order valence-electron chi connectivity index (χ2n) is 3.55. The molecule has 0 radical (unpaired) electrons. The average molecular weight is 237 g/mol. The molecule has 4 heteroatoms. The summed E-state index contributed by atoms with van der Waals surface area (Å²) in [7, 11) is 0. The molecule has 0 atom stereocenters. The van der Waals surface area contributed by atoms with Crippen molar-refractivity contribution in [3.8, 4) is 11.1 Å². The molecule has 0 aliphatic carbocycles. The van der Waals surface area contributed by atoms with E-state index in [1.807, 2.05) is 13.0 Å².